The van der Waals surface area contributed by atoms with Crippen molar-refractivity contribution < 1.29 is 0 Å². The Balaban J connectivity index is 2.38. The van der Waals surface area contributed by atoms with Crippen LogP contribution in [0.1, 0.15) is 35.2 Å². The molecule has 3 heteroatoms. The van der Waals surface area contributed by atoms with Gasteiger partial charge in [0.05, 0.1) is 0 Å². The molecule has 0 aliphatic heterocycles. The fourth-order valence-electron chi connectivity index (χ4n) is 2.70. The lowest BCUT2D eigenvalue weighted by atomic mass is 9.93. The molecule has 0 saturated carbocycles. The van der Waals surface area contributed by atoms with Crippen LogP contribution in [0.2, 0.25) is 10.0 Å². The van der Waals surface area contributed by atoms with Gasteiger partial charge in [0.2, 0.25) is 0 Å². The van der Waals surface area contributed by atoms with Gasteiger partial charge in [0, 0.05) is 16.1 Å². The Morgan fingerprint density at radius 1 is 1.05 bits per heavy atom. The third kappa shape index (κ3) is 4.00. The summed E-state index contributed by atoms with van der Waals surface area (Å²) in [6.45, 7) is 7.31. The van der Waals surface area contributed by atoms with E-state index in [1.807, 2.05) is 18.2 Å². The molecular formula is C18H21Cl2N. The van der Waals surface area contributed by atoms with E-state index in [9.17, 15) is 0 Å². The van der Waals surface area contributed by atoms with Gasteiger partial charge in [-0.15, -0.1) is 0 Å². The molecule has 1 atom stereocenters. The predicted octanol–water partition coefficient (Wildman–Crippen LogP) is 5.50. The van der Waals surface area contributed by atoms with Crippen LogP contribution < -0.4 is 5.32 Å². The molecule has 21 heavy (non-hydrogen) atoms. The number of hydrogen-bond donors (Lipinski definition) is 1. The Kier molecular flexibility index (Phi) is 5.69. The molecule has 0 bridgehead atoms. The number of rotatable bonds is 5. The predicted molar refractivity (Wildman–Crippen MR) is 92.5 cm³/mol. The molecular weight excluding hydrogens is 301 g/mol. The third-order valence-corrected chi connectivity index (χ3v) is 4.42. The SMILES string of the molecule is CCNC(Cc1c(C)cccc1C)c1cc(Cl)ccc1Cl. The Hall–Kier alpha value is -1.02. The summed E-state index contributed by atoms with van der Waals surface area (Å²) < 4.78 is 0. The summed E-state index contributed by atoms with van der Waals surface area (Å²) in [5, 5.41) is 5.01. The molecule has 1 nitrogen and oxygen atoms in total. The minimum atomic E-state index is 0.168. The van der Waals surface area contributed by atoms with Crippen molar-refractivity contribution >= 4 is 23.2 Å². The molecule has 0 saturated heterocycles. The van der Waals surface area contributed by atoms with Crippen LogP contribution in [-0.2, 0) is 6.42 Å². The van der Waals surface area contributed by atoms with E-state index < -0.39 is 0 Å². The number of halogens is 2. The summed E-state index contributed by atoms with van der Waals surface area (Å²) in [5.41, 5.74) is 5.07. The minimum absolute atomic E-state index is 0.168. The van der Waals surface area contributed by atoms with Crippen molar-refractivity contribution in [1.82, 2.24) is 5.32 Å². The van der Waals surface area contributed by atoms with Crippen molar-refractivity contribution in [3.05, 3.63) is 68.7 Å². The number of nitrogens with one attached hydrogen (secondary N) is 1. The first-order chi connectivity index (χ1) is 10.0. The third-order valence-electron chi connectivity index (χ3n) is 3.84. The summed E-state index contributed by atoms with van der Waals surface area (Å²) in [7, 11) is 0. The van der Waals surface area contributed by atoms with Gasteiger partial charge in [0.15, 0.2) is 0 Å². The van der Waals surface area contributed by atoms with Crippen molar-refractivity contribution in [3.63, 3.8) is 0 Å². The zero-order valence-corrected chi connectivity index (χ0v) is 14.2. The highest BCUT2D eigenvalue weighted by Gasteiger charge is 2.17. The minimum Gasteiger partial charge on any atom is -0.310 e. The fraction of sp³-hybridized carbons (Fsp3) is 0.333. The van der Waals surface area contributed by atoms with E-state index in [0.29, 0.717) is 0 Å². The molecule has 0 aromatic heterocycles. The van der Waals surface area contributed by atoms with E-state index in [1.54, 1.807) is 0 Å². The van der Waals surface area contributed by atoms with Crippen LogP contribution in [0, 0.1) is 13.8 Å². The van der Waals surface area contributed by atoms with Gasteiger partial charge >= 0.3 is 0 Å². The van der Waals surface area contributed by atoms with Crippen LogP contribution in [0.25, 0.3) is 0 Å². The summed E-state index contributed by atoms with van der Waals surface area (Å²) >= 11 is 12.5. The maximum atomic E-state index is 6.37. The first kappa shape index (κ1) is 16.4. The van der Waals surface area contributed by atoms with Gasteiger partial charge in [-0.3, -0.25) is 0 Å². The molecule has 112 valence electrons. The standard InChI is InChI=1S/C18H21Cl2N/c1-4-21-18(16-10-14(19)8-9-17(16)20)11-15-12(2)6-5-7-13(15)3/h5-10,18,21H,4,11H2,1-3H3. The Labute approximate surface area is 137 Å². The Bertz CT molecular complexity index is 602. The molecule has 0 radical (unpaired) electrons. The first-order valence-corrected chi connectivity index (χ1v) is 8.02. The van der Waals surface area contributed by atoms with E-state index in [1.165, 1.54) is 16.7 Å². The fourth-order valence-corrected chi connectivity index (χ4v) is 3.13. The zero-order chi connectivity index (χ0) is 15.4. The van der Waals surface area contributed by atoms with Gasteiger partial charge in [0.25, 0.3) is 0 Å². The van der Waals surface area contributed by atoms with E-state index in [0.717, 1.165) is 28.6 Å². The van der Waals surface area contributed by atoms with Crippen molar-refractivity contribution in [2.24, 2.45) is 0 Å². The molecule has 0 amide bonds. The van der Waals surface area contributed by atoms with Gasteiger partial charge in [-0.1, -0.05) is 48.3 Å². The van der Waals surface area contributed by atoms with Gasteiger partial charge in [-0.05, 0) is 67.3 Å². The number of benzene rings is 2. The molecule has 2 aromatic carbocycles. The lowest BCUT2D eigenvalue weighted by Crippen LogP contribution is -2.24. The maximum absolute atomic E-state index is 6.37. The van der Waals surface area contributed by atoms with E-state index in [2.05, 4.69) is 44.3 Å². The molecule has 0 aliphatic carbocycles. The van der Waals surface area contributed by atoms with Crippen LogP contribution in [0.3, 0.4) is 0 Å². The van der Waals surface area contributed by atoms with Crippen molar-refractivity contribution in [3.8, 4) is 0 Å². The van der Waals surface area contributed by atoms with Gasteiger partial charge in [-0.2, -0.15) is 0 Å². The normalized spacial score (nSPS) is 12.4. The van der Waals surface area contributed by atoms with Crippen LogP contribution in [-0.4, -0.2) is 6.54 Å². The molecule has 1 unspecified atom stereocenters. The molecule has 0 spiro atoms. The number of aryl methyl sites for hydroxylation is 2. The monoisotopic (exact) mass is 321 g/mol. The average Bonchev–Trinajstić information content (AvgIpc) is 2.44. The maximum Gasteiger partial charge on any atom is 0.0454 e. The van der Waals surface area contributed by atoms with Crippen LogP contribution in [0.15, 0.2) is 36.4 Å². The second-order valence-corrected chi connectivity index (χ2v) is 6.19. The summed E-state index contributed by atoms with van der Waals surface area (Å²) in [5.74, 6) is 0. The first-order valence-electron chi connectivity index (χ1n) is 7.26. The Morgan fingerprint density at radius 3 is 2.33 bits per heavy atom. The second-order valence-electron chi connectivity index (χ2n) is 5.35. The second kappa shape index (κ2) is 7.31. The van der Waals surface area contributed by atoms with Crippen molar-refractivity contribution in [2.75, 3.05) is 6.54 Å². The highest BCUT2D eigenvalue weighted by Crippen LogP contribution is 2.30. The average molecular weight is 322 g/mol. The Morgan fingerprint density at radius 2 is 1.71 bits per heavy atom. The molecule has 1 N–H and O–H groups in total. The van der Waals surface area contributed by atoms with Gasteiger partial charge in [0.1, 0.15) is 0 Å². The summed E-state index contributed by atoms with van der Waals surface area (Å²) in [6.07, 6.45) is 0.909. The lowest BCUT2D eigenvalue weighted by Gasteiger charge is -2.22. The molecule has 2 aromatic rings. The lowest BCUT2D eigenvalue weighted by molar-refractivity contribution is 0.548. The largest absolute Gasteiger partial charge is 0.310 e. The van der Waals surface area contributed by atoms with E-state index in [4.69, 9.17) is 23.2 Å². The molecule has 2 rings (SSSR count). The zero-order valence-electron chi connectivity index (χ0n) is 12.7. The van der Waals surface area contributed by atoms with Gasteiger partial charge in [-0.25, -0.2) is 0 Å². The quantitative estimate of drug-likeness (QED) is 0.766. The van der Waals surface area contributed by atoms with Crippen molar-refractivity contribution in [2.45, 2.75) is 33.2 Å². The van der Waals surface area contributed by atoms with E-state index in [-0.39, 0.29) is 6.04 Å². The smallest absolute Gasteiger partial charge is 0.0454 e. The topological polar surface area (TPSA) is 12.0 Å². The van der Waals surface area contributed by atoms with Crippen LogP contribution in [0.4, 0.5) is 0 Å². The molecule has 0 fully saturated rings. The highest BCUT2D eigenvalue weighted by atomic mass is 35.5. The van der Waals surface area contributed by atoms with Crippen LogP contribution >= 0.6 is 23.2 Å². The number of hydrogen-bond acceptors (Lipinski definition) is 1. The summed E-state index contributed by atoms with van der Waals surface area (Å²) in [4.78, 5) is 0. The van der Waals surface area contributed by atoms with Gasteiger partial charge < -0.3 is 5.32 Å². The van der Waals surface area contributed by atoms with Crippen LogP contribution in [0.5, 0.6) is 0 Å². The molecule has 0 aliphatic rings. The number of likely N-dealkylation sites (N-methyl/N-ethyl adjacent to an activating group) is 1. The molecule has 0 heterocycles. The highest BCUT2D eigenvalue weighted by molar-refractivity contribution is 6.33. The van der Waals surface area contributed by atoms with Crippen molar-refractivity contribution in [1.29, 1.82) is 0 Å². The van der Waals surface area contributed by atoms with E-state index >= 15 is 0 Å². The summed E-state index contributed by atoms with van der Waals surface area (Å²) in [6, 6.07) is 12.2.